The highest BCUT2D eigenvalue weighted by Crippen LogP contribution is 2.54. The molecule has 0 bridgehead atoms. The van der Waals surface area contributed by atoms with Gasteiger partial charge in [-0.1, -0.05) is 18.9 Å². The summed E-state index contributed by atoms with van der Waals surface area (Å²) in [6.07, 6.45) is 7.67. The molecular weight excluding hydrogens is 256 g/mol. The summed E-state index contributed by atoms with van der Waals surface area (Å²) in [6.45, 7) is 4.44. The lowest BCUT2D eigenvalue weighted by molar-refractivity contribution is -0.144. The first kappa shape index (κ1) is 15.1. The molecule has 112 valence electrons. The number of carbonyl (C=O) groups excluding carboxylic acids is 2. The minimum absolute atomic E-state index is 0.0921. The molecule has 2 aliphatic carbocycles. The Morgan fingerprint density at radius 2 is 1.85 bits per heavy atom. The monoisotopic (exact) mass is 280 g/mol. The van der Waals surface area contributed by atoms with Gasteiger partial charge in [-0.3, -0.25) is 4.79 Å². The number of hydrogen-bond donors (Lipinski definition) is 0. The molecule has 20 heavy (non-hydrogen) atoms. The van der Waals surface area contributed by atoms with E-state index >= 15 is 0 Å². The van der Waals surface area contributed by atoms with Crippen LogP contribution in [0.5, 0.6) is 0 Å². The smallest absolute Gasteiger partial charge is 0.333 e. The molecule has 2 rings (SSSR count). The van der Waals surface area contributed by atoms with Crippen LogP contribution < -0.4 is 0 Å². The van der Waals surface area contributed by atoms with Gasteiger partial charge in [-0.05, 0) is 44.4 Å². The number of esters is 2. The highest BCUT2D eigenvalue weighted by atomic mass is 16.5. The zero-order valence-electron chi connectivity index (χ0n) is 12.4. The van der Waals surface area contributed by atoms with E-state index in [-0.39, 0.29) is 23.3 Å². The molecule has 0 aromatic carbocycles. The van der Waals surface area contributed by atoms with Crippen molar-refractivity contribution in [3.8, 4) is 0 Å². The topological polar surface area (TPSA) is 52.6 Å². The molecule has 4 nitrogen and oxygen atoms in total. The lowest BCUT2D eigenvalue weighted by Crippen LogP contribution is -2.25. The van der Waals surface area contributed by atoms with Gasteiger partial charge in [0.1, 0.15) is 0 Å². The van der Waals surface area contributed by atoms with Crippen LogP contribution in [0.4, 0.5) is 0 Å². The van der Waals surface area contributed by atoms with Crippen LogP contribution in [0, 0.1) is 11.3 Å². The Balaban J connectivity index is 2.10. The molecule has 0 aromatic heterocycles. The van der Waals surface area contributed by atoms with Gasteiger partial charge >= 0.3 is 11.9 Å². The largest absolute Gasteiger partial charge is 0.466 e. The normalized spacial score (nSPS) is 23.7. The van der Waals surface area contributed by atoms with E-state index < -0.39 is 0 Å². The molecule has 2 aliphatic rings. The van der Waals surface area contributed by atoms with Gasteiger partial charge in [0.15, 0.2) is 0 Å². The predicted octanol–water partition coefficient (Wildman–Crippen LogP) is 3.01. The first-order valence-electron chi connectivity index (χ1n) is 7.64. The van der Waals surface area contributed by atoms with Crippen molar-refractivity contribution < 1.29 is 19.1 Å². The van der Waals surface area contributed by atoms with Crippen molar-refractivity contribution in [2.45, 2.75) is 52.4 Å². The van der Waals surface area contributed by atoms with E-state index in [0.29, 0.717) is 19.6 Å². The quantitative estimate of drug-likeness (QED) is 0.726. The first-order chi connectivity index (χ1) is 9.61. The van der Waals surface area contributed by atoms with Crippen molar-refractivity contribution in [2.24, 2.45) is 11.3 Å². The van der Waals surface area contributed by atoms with Crippen LogP contribution in [-0.4, -0.2) is 25.2 Å². The van der Waals surface area contributed by atoms with Crippen molar-refractivity contribution in [3.05, 3.63) is 11.6 Å². The number of carbonyl (C=O) groups is 2. The standard InChI is InChI=1S/C16H24O4/c1-3-19-14(17)10-13-9-12(15(18)20-4-2)11-16(13)7-5-6-8-16/h9,13H,3-8,10-11H2,1-2H3/t13-/m1/s1. The maximum Gasteiger partial charge on any atom is 0.333 e. The fourth-order valence-electron chi connectivity index (χ4n) is 3.65. The van der Waals surface area contributed by atoms with Gasteiger partial charge in [-0.25, -0.2) is 4.79 Å². The van der Waals surface area contributed by atoms with Crippen molar-refractivity contribution >= 4 is 11.9 Å². The number of hydrogen-bond acceptors (Lipinski definition) is 4. The average molecular weight is 280 g/mol. The van der Waals surface area contributed by atoms with E-state index in [4.69, 9.17) is 9.47 Å². The lowest BCUT2D eigenvalue weighted by Gasteiger charge is -2.30. The molecule has 0 radical (unpaired) electrons. The van der Waals surface area contributed by atoms with Crippen LogP contribution in [-0.2, 0) is 19.1 Å². The highest BCUT2D eigenvalue weighted by Gasteiger charge is 2.47. The van der Waals surface area contributed by atoms with Gasteiger partial charge in [-0.15, -0.1) is 0 Å². The second-order valence-corrected chi connectivity index (χ2v) is 5.77. The molecule has 4 heteroatoms. The molecule has 1 spiro atoms. The fourth-order valence-corrected chi connectivity index (χ4v) is 3.65. The third-order valence-corrected chi connectivity index (χ3v) is 4.56. The van der Waals surface area contributed by atoms with Crippen LogP contribution in [0.25, 0.3) is 0 Å². The summed E-state index contributed by atoms with van der Waals surface area (Å²) in [4.78, 5) is 23.7. The van der Waals surface area contributed by atoms with E-state index in [1.54, 1.807) is 0 Å². The molecule has 1 saturated carbocycles. The zero-order chi connectivity index (χ0) is 14.6. The van der Waals surface area contributed by atoms with Gasteiger partial charge < -0.3 is 9.47 Å². The Kier molecular flexibility index (Phi) is 4.84. The van der Waals surface area contributed by atoms with E-state index in [1.807, 2.05) is 19.9 Å². The van der Waals surface area contributed by atoms with Crippen molar-refractivity contribution in [1.82, 2.24) is 0 Å². The summed E-state index contributed by atoms with van der Waals surface area (Å²) < 4.78 is 10.2. The SMILES string of the molecule is CCOC(=O)C[C@H]1C=C(C(=O)OCC)CC12CCCC2. The van der Waals surface area contributed by atoms with Crippen LogP contribution in [0.15, 0.2) is 11.6 Å². The molecule has 1 atom stereocenters. The van der Waals surface area contributed by atoms with Crippen LogP contribution >= 0.6 is 0 Å². The highest BCUT2D eigenvalue weighted by molar-refractivity contribution is 5.89. The molecular formula is C16H24O4. The minimum atomic E-state index is -0.217. The van der Waals surface area contributed by atoms with Crippen molar-refractivity contribution in [3.63, 3.8) is 0 Å². The van der Waals surface area contributed by atoms with Gasteiger partial charge in [0, 0.05) is 5.57 Å². The summed E-state index contributed by atoms with van der Waals surface area (Å²) in [5, 5.41) is 0. The summed E-state index contributed by atoms with van der Waals surface area (Å²) in [5.41, 5.74) is 0.845. The first-order valence-corrected chi connectivity index (χ1v) is 7.64. The number of allylic oxidation sites excluding steroid dienone is 1. The Labute approximate surface area is 120 Å². The maximum absolute atomic E-state index is 11.9. The Hall–Kier alpha value is -1.32. The van der Waals surface area contributed by atoms with E-state index in [1.165, 1.54) is 12.8 Å². The summed E-state index contributed by atoms with van der Waals surface area (Å²) in [6, 6.07) is 0. The van der Waals surface area contributed by atoms with Gasteiger partial charge in [0.05, 0.1) is 19.6 Å². The Morgan fingerprint density at radius 3 is 2.45 bits per heavy atom. The van der Waals surface area contributed by atoms with Crippen LogP contribution in [0.1, 0.15) is 52.4 Å². The van der Waals surface area contributed by atoms with Crippen molar-refractivity contribution in [2.75, 3.05) is 13.2 Å². The third kappa shape index (κ3) is 3.05. The van der Waals surface area contributed by atoms with Gasteiger partial charge in [0.25, 0.3) is 0 Å². The summed E-state index contributed by atoms with van der Waals surface area (Å²) >= 11 is 0. The Bertz CT molecular complexity index is 405. The third-order valence-electron chi connectivity index (χ3n) is 4.56. The molecule has 0 aromatic rings. The van der Waals surface area contributed by atoms with E-state index in [2.05, 4.69) is 0 Å². The number of rotatable bonds is 5. The summed E-state index contributed by atoms with van der Waals surface area (Å²) in [5.74, 6) is -0.251. The molecule has 0 unspecified atom stereocenters. The molecule has 0 heterocycles. The molecule has 1 fully saturated rings. The molecule has 0 saturated heterocycles. The van der Waals surface area contributed by atoms with E-state index in [9.17, 15) is 9.59 Å². The van der Waals surface area contributed by atoms with Gasteiger partial charge in [-0.2, -0.15) is 0 Å². The van der Waals surface area contributed by atoms with Crippen molar-refractivity contribution in [1.29, 1.82) is 0 Å². The predicted molar refractivity (Wildman–Crippen MR) is 75.0 cm³/mol. The maximum atomic E-state index is 11.9. The fraction of sp³-hybridized carbons (Fsp3) is 0.750. The number of ether oxygens (including phenoxy) is 2. The van der Waals surface area contributed by atoms with Crippen LogP contribution in [0.2, 0.25) is 0 Å². The molecule has 0 amide bonds. The Morgan fingerprint density at radius 1 is 1.20 bits per heavy atom. The lowest BCUT2D eigenvalue weighted by atomic mass is 9.74. The molecule has 0 N–H and O–H groups in total. The van der Waals surface area contributed by atoms with Crippen LogP contribution in [0.3, 0.4) is 0 Å². The van der Waals surface area contributed by atoms with Gasteiger partial charge in [0.2, 0.25) is 0 Å². The minimum Gasteiger partial charge on any atom is -0.466 e. The average Bonchev–Trinajstić information content (AvgIpc) is 3.00. The molecule has 0 aliphatic heterocycles. The van der Waals surface area contributed by atoms with E-state index in [0.717, 1.165) is 24.8 Å². The zero-order valence-corrected chi connectivity index (χ0v) is 12.4. The second kappa shape index (κ2) is 6.42. The summed E-state index contributed by atoms with van der Waals surface area (Å²) in [7, 11) is 0. The second-order valence-electron chi connectivity index (χ2n) is 5.77.